The Morgan fingerprint density at radius 1 is 0.935 bits per heavy atom. The van der Waals surface area contributed by atoms with Crippen LogP contribution in [0.2, 0.25) is 10.0 Å². The SMILES string of the molecule is C/C(=N/NC(=O)CCc1ccccc1)c1cccc(NC(=O)c2ccc(Cl)cc2Cl)c1. The Kier molecular flexibility index (Phi) is 7.82. The summed E-state index contributed by atoms with van der Waals surface area (Å²) in [5, 5.41) is 7.72. The van der Waals surface area contributed by atoms with E-state index < -0.39 is 0 Å². The van der Waals surface area contributed by atoms with Gasteiger partial charge in [0, 0.05) is 17.1 Å². The van der Waals surface area contributed by atoms with Crippen molar-refractivity contribution in [3.8, 4) is 0 Å². The summed E-state index contributed by atoms with van der Waals surface area (Å²) in [5.41, 5.74) is 5.98. The molecule has 0 bridgehead atoms. The van der Waals surface area contributed by atoms with Gasteiger partial charge in [-0.1, -0.05) is 65.7 Å². The number of carbonyl (C=O) groups excluding carboxylic acids is 2. The summed E-state index contributed by atoms with van der Waals surface area (Å²) in [7, 11) is 0. The molecule has 0 fully saturated rings. The predicted molar refractivity (Wildman–Crippen MR) is 126 cm³/mol. The van der Waals surface area contributed by atoms with Crippen LogP contribution in [0.1, 0.15) is 34.8 Å². The highest BCUT2D eigenvalue weighted by Crippen LogP contribution is 2.22. The smallest absolute Gasteiger partial charge is 0.257 e. The standard InChI is InChI=1S/C24H21Cl2N3O2/c1-16(28-29-23(30)13-10-17-6-3-2-4-7-17)18-8-5-9-20(14-18)27-24(31)21-12-11-19(25)15-22(21)26/h2-9,11-12,14-15H,10,13H2,1H3,(H,27,31)(H,29,30)/b28-16-. The summed E-state index contributed by atoms with van der Waals surface area (Å²) in [5.74, 6) is -0.507. The Hall–Kier alpha value is -3.15. The van der Waals surface area contributed by atoms with Gasteiger partial charge >= 0.3 is 0 Å². The number of hydrazone groups is 1. The topological polar surface area (TPSA) is 70.6 Å². The molecule has 0 heterocycles. The molecule has 0 aliphatic carbocycles. The van der Waals surface area contributed by atoms with Gasteiger partial charge in [0.1, 0.15) is 0 Å². The van der Waals surface area contributed by atoms with Gasteiger partial charge in [-0.05, 0) is 54.8 Å². The van der Waals surface area contributed by atoms with Gasteiger partial charge < -0.3 is 5.32 Å². The normalized spacial score (nSPS) is 11.1. The maximum Gasteiger partial charge on any atom is 0.257 e. The third-order valence-corrected chi connectivity index (χ3v) is 5.09. The first-order valence-electron chi connectivity index (χ1n) is 9.66. The number of hydrogen-bond acceptors (Lipinski definition) is 3. The molecule has 0 unspecified atom stereocenters. The van der Waals surface area contributed by atoms with E-state index in [1.165, 1.54) is 6.07 Å². The molecule has 0 aromatic heterocycles. The molecule has 2 N–H and O–H groups in total. The zero-order valence-electron chi connectivity index (χ0n) is 16.9. The molecule has 0 saturated heterocycles. The van der Waals surface area contributed by atoms with E-state index in [4.69, 9.17) is 23.2 Å². The highest BCUT2D eigenvalue weighted by atomic mass is 35.5. The van der Waals surface area contributed by atoms with E-state index in [1.54, 1.807) is 37.3 Å². The van der Waals surface area contributed by atoms with E-state index in [1.807, 2.05) is 36.4 Å². The van der Waals surface area contributed by atoms with Gasteiger partial charge in [-0.2, -0.15) is 5.10 Å². The van der Waals surface area contributed by atoms with Crippen LogP contribution in [0.5, 0.6) is 0 Å². The molecule has 0 aliphatic heterocycles. The monoisotopic (exact) mass is 453 g/mol. The lowest BCUT2D eigenvalue weighted by molar-refractivity contribution is -0.121. The fourth-order valence-electron chi connectivity index (χ4n) is 2.86. The third kappa shape index (κ3) is 6.67. The van der Waals surface area contributed by atoms with Crippen LogP contribution in [-0.2, 0) is 11.2 Å². The highest BCUT2D eigenvalue weighted by molar-refractivity contribution is 6.37. The Morgan fingerprint density at radius 2 is 1.71 bits per heavy atom. The maximum atomic E-state index is 12.5. The van der Waals surface area contributed by atoms with Crippen molar-refractivity contribution in [2.75, 3.05) is 5.32 Å². The first-order valence-corrected chi connectivity index (χ1v) is 10.4. The van der Waals surface area contributed by atoms with Crippen molar-refractivity contribution in [1.82, 2.24) is 5.43 Å². The van der Waals surface area contributed by atoms with Crippen molar-refractivity contribution in [3.05, 3.63) is 99.5 Å². The van der Waals surface area contributed by atoms with Gasteiger partial charge in [-0.25, -0.2) is 5.43 Å². The molecule has 3 aromatic rings. The number of carbonyl (C=O) groups is 2. The van der Waals surface area contributed by atoms with E-state index in [2.05, 4.69) is 15.8 Å². The van der Waals surface area contributed by atoms with Gasteiger partial charge in [-0.15, -0.1) is 0 Å². The molecule has 3 aromatic carbocycles. The average molecular weight is 454 g/mol. The van der Waals surface area contributed by atoms with Crippen LogP contribution in [0.15, 0.2) is 77.9 Å². The molecule has 7 heteroatoms. The summed E-state index contributed by atoms with van der Waals surface area (Å²) in [6.45, 7) is 1.79. The van der Waals surface area contributed by atoms with Gasteiger partial charge in [-0.3, -0.25) is 9.59 Å². The number of hydrogen-bond donors (Lipinski definition) is 2. The van der Waals surface area contributed by atoms with E-state index in [0.717, 1.165) is 11.1 Å². The number of nitrogens with zero attached hydrogens (tertiary/aromatic N) is 1. The Bertz CT molecular complexity index is 1110. The Morgan fingerprint density at radius 3 is 2.45 bits per heavy atom. The van der Waals surface area contributed by atoms with Crippen LogP contribution in [0.4, 0.5) is 5.69 Å². The van der Waals surface area contributed by atoms with E-state index >= 15 is 0 Å². The average Bonchev–Trinajstić information content (AvgIpc) is 2.76. The largest absolute Gasteiger partial charge is 0.322 e. The minimum Gasteiger partial charge on any atom is -0.322 e. The van der Waals surface area contributed by atoms with E-state index in [9.17, 15) is 9.59 Å². The molecule has 0 radical (unpaired) electrons. The van der Waals surface area contributed by atoms with Crippen LogP contribution >= 0.6 is 23.2 Å². The summed E-state index contributed by atoms with van der Waals surface area (Å²) in [6, 6.07) is 21.7. The minimum atomic E-state index is -0.345. The number of benzene rings is 3. The molecule has 0 atom stereocenters. The van der Waals surface area contributed by atoms with E-state index in [-0.39, 0.29) is 16.8 Å². The van der Waals surface area contributed by atoms with Crippen molar-refractivity contribution in [2.45, 2.75) is 19.8 Å². The van der Waals surface area contributed by atoms with Crippen molar-refractivity contribution >= 4 is 46.4 Å². The molecule has 3 rings (SSSR count). The molecular weight excluding hydrogens is 433 g/mol. The molecule has 0 saturated carbocycles. The van der Waals surface area contributed by atoms with Crippen LogP contribution in [0.25, 0.3) is 0 Å². The quantitative estimate of drug-likeness (QED) is 0.354. The van der Waals surface area contributed by atoms with Crippen LogP contribution in [0.3, 0.4) is 0 Å². The molecule has 5 nitrogen and oxygen atoms in total. The first kappa shape index (κ1) is 22.5. The van der Waals surface area contributed by atoms with Crippen LogP contribution < -0.4 is 10.7 Å². The third-order valence-electron chi connectivity index (χ3n) is 4.55. The zero-order chi connectivity index (χ0) is 22.2. The second-order valence-corrected chi connectivity index (χ2v) is 7.72. The van der Waals surface area contributed by atoms with Gasteiger partial charge in [0.15, 0.2) is 0 Å². The Labute approximate surface area is 191 Å². The van der Waals surface area contributed by atoms with Crippen molar-refractivity contribution < 1.29 is 9.59 Å². The number of anilines is 1. The number of amides is 2. The minimum absolute atomic E-state index is 0.162. The number of rotatable bonds is 7. The molecule has 2 amide bonds. The predicted octanol–water partition coefficient (Wildman–Crippen LogP) is 5.72. The van der Waals surface area contributed by atoms with Crippen molar-refractivity contribution in [3.63, 3.8) is 0 Å². The summed E-state index contributed by atoms with van der Waals surface area (Å²) < 4.78 is 0. The summed E-state index contributed by atoms with van der Waals surface area (Å²) in [6.07, 6.45) is 0.995. The van der Waals surface area contributed by atoms with Gasteiger partial charge in [0.25, 0.3) is 5.91 Å². The maximum absolute atomic E-state index is 12.5. The fourth-order valence-corrected chi connectivity index (χ4v) is 3.36. The number of aryl methyl sites for hydroxylation is 1. The second-order valence-electron chi connectivity index (χ2n) is 6.88. The summed E-state index contributed by atoms with van der Waals surface area (Å²) in [4.78, 5) is 24.6. The number of nitrogens with one attached hydrogen (secondary N) is 2. The first-order chi connectivity index (χ1) is 14.9. The van der Waals surface area contributed by atoms with Crippen molar-refractivity contribution in [2.24, 2.45) is 5.10 Å². The van der Waals surface area contributed by atoms with E-state index in [0.29, 0.717) is 34.8 Å². The molecule has 158 valence electrons. The van der Waals surface area contributed by atoms with Gasteiger partial charge in [0.05, 0.1) is 16.3 Å². The van der Waals surface area contributed by atoms with Gasteiger partial charge in [0.2, 0.25) is 5.91 Å². The Balaban J connectivity index is 1.60. The lowest BCUT2D eigenvalue weighted by Crippen LogP contribution is -2.19. The lowest BCUT2D eigenvalue weighted by atomic mass is 10.1. The van der Waals surface area contributed by atoms with Crippen molar-refractivity contribution in [1.29, 1.82) is 0 Å². The molecule has 31 heavy (non-hydrogen) atoms. The molecule has 0 spiro atoms. The molecule has 0 aliphatic rings. The zero-order valence-corrected chi connectivity index (χ0v) is 18.4. The molecular formula is C24H21Cl2N3O2. The second kappa shape index (κ2) is 10.8. The lowest BCUT2D eigenvalue weighted by Gasteiger charge is -2.09. The summed E-state index contributed by atoms with van der Waals surface area (Å²) >= 11 is 12.0. The van der Waals surface area contributed by atoms with Crippen LogP contribution in [-0.4, -0.2) is 17.5 Å². The fraction of sp³-hybridized carbons (Fsp3) is 0.125. The highest BCUT2D eigenvalue weighted by Gasteiger charge is 2.11. The van der Waals surface area contributed by atoms with Crippen LogP contribution in [0, 0.1) is 0 Å². The number of halogens is 2.